The minimum Gasteiger partial charge on any atom is -0.356 e. The summed E-state index contributed by atoms with van der Waals surface area (Å²) < 4.78 is 24.0. The lowest BCUT2D eigenvalue weighted by atomic mass is 10.0. The smallest absolute Gasteiger partial charge is 0.224 e. The van der Waals surface area contributed by atoms with Crippen LogP contribution in [0.3, 0.4) is 0 Å². The summed E-state index contributed by atoms with van der Waals surface area (Å²) in [6, 6.07) is 7.55. The van der Waals surface area contributed by atoms with Crippen molar-refractivity contribution in [3.05, 3.63) is 35.4 Å². The Hall–Kier alpha value is -1.44. The van der Waals surface area contributed by atoms with Crippen LogP contribution in [-0.4, -0.2) is 33.7 Å². The summed E-state index contributed by atoms with van der Waals surface area (Å²) in [7, 11) is -3.16. The highest BCUT2D eigenvalue weighted by Crippen LogP contribution is 2.08. The standard InChI is InChI=1S/C13H21N3O3S/c1-20(18,19)16-8-4-7-15-13(17)9-11-5-2-3-6-12(11)10-14/h2-3,5-6,16H,4,7-10,14H2,1H3,(H,15,17). The summed E-state index contributed by atoms with van der Waals surface area (Å²) in [6.45, 7) is 1.16. The second-order valence-electron chi connectivity index (χ2n) is 4.52. The SMILES string of the molecule is CS(=O)(=O)NCCCNC(=O)Cc1ccccc1CN. The molecule has 0 saturated carbocycles. The molecule has 0 unspecified atom stereocenters. The monoisotopic (exact) mass is 299 g/mol. The average molecular weight is 299 g/mol. The molecule has 0 spiro atoms. The lowest BCUT2D eigenvalue weighted by Gasteiger charge is -2.08. The van der Waals surface area contributed by atoms with Crippen LogP contribution >= 0.6 is 0 Å². The maximum atomic E-state index is 11.8. The predicted octanol–water partition coefficient (Wildman–Crippen LogP) is -0.257. The van der Waals surface area contributed by atoms with Crippen LogP contribution in [0.4, 0.5) is 0 Å². The topological polar surface area (TPSA) is 101 Å². The molecule has 1 amide bonds. The van der Waals surface area contributed by atoms with Crippen molar-refractivity contribution in [2.45, 2.75) is 19.4 Å². The lowest BCUT2D eigenvalue weighted by Crippen LogP contribution is -2.30. The molecule has 7 heteroatoms. The highest BCUT2D eigenvalue weighted by atomic mass is 32.2. The van der Waals surface area contributed by atoms with E-state index >= 15 is 0 Å². The first-order chi connectivity index (χ1) is 9.42. The Labute approximate surface area is 119 Å². The van der Waals surface area contributed by atoms with E-state index in [0.717, 1.165) is 17.4 Å². The predicted molar refractivity (Wildman–Crippen MR) is 78.5 cm³/mol. The number of sulfonamides is 1. The second kappa shape index (κ2) is 7.98. The number of amides is 1. The van der Waals surface area contributed by atoms with Gasteiger partial charge in [-0.25, -0.2) is 13.1 Å². The highest BCUT2D eigenvalue weighted by Gasteiger charge is 2.06. The first kappa shape index (κ1) is 16.6. The maximum Gasteiger partial charge on any atom is 0.224 e. The minimum atomic E-state index is -3.16. The fourth-order valence-corrected chi connectivity index (χ4v) is 2.25. The molecular formula is C13H21N3O3S. The number of hydrogen-bond donors (Lipinski definition) is 3. The fraction of sp³-hybridized carbons (Fsp3) is 0.462. The molecule has 1 rings (SSSR count). The van der Waals surface area contributed by atoms with E-state index in [2.05, 4.69) is 10.0 Å². The van der Waals surface area contributed by atoms with Gasteiger partial charge >= 0.3 is 0 Å². The Morgan fingerprint density at radius 3 is 2.45 bits per heavy atom. The molecule has 1 aromatic carbocycles. The molecule has 0 radical (unpaired) electrons. The van der Waals surface area contributed by atoms with Gasteiger partial charge in [-0.1, -0.05) is 24.3 Å². The number of benzene rings is 1. The third kappa shape index (κ3) is 6.65. The van der Waals surface area contributed by atoms with E-state index in [1.165, 1.54) is 0 Å². The zero-order valence-electron chi connectivity index (χ0n) is 11.6. The maximum absolute atomic E-state index is 11.8. The Kier molecular flexibility index (Phi) is 6.63. The molecule has 1 aromatic rings. The summed E-state index contributed by atoms with van der Waals surface area (Å²) in [5, 5.41) is 2.75. The Balaban J connectivity index is 2.30. The molecule has 0 aliphatic carbocycles. The van der Waals surface area contributed by atoms with Gasteiger partial charge in [-0.3, -0.25) is 4.79 Å². The molecule has 0 fully saturated rings. The summed E-state index contributed by atoms with van der Waals surface area (Å²) in [5.74, 6) is -0.0924. The van der Waals surface area contributed by atoms with Crippen molar-refractivity contribution in [1.82, 2.24) is 10.0 Å². The zero-order chi connectivity index (χ0) is 15.0. The minimum absolute atomic E-state index is 0.0924. The molecular weight excluding hydrogens is 278 g/mol. The van der Waals surface area contributed by atoms with Gasteiger partial charge in [0, 0.05) is 19.6 Å². The number of rotatable bonds is 8. The molecule has 0 heterocycles. The van der Waals surface area contributed by atoms with Crippen molar-refractivity contribution in [2.24, 2.45) is 5.73 Å². The van der Waals surface area contributed by atoms with Crippen LogP contribution in [0, 0.1) is 0 Å². The van der Waals surface area contributed by atoms with Crippen LogP contribution in [0.2, 0.25) is 0 Å². The Bertz CT molecular complexity index is 544. The van der Waals surface area contributed by atoms with E-state index in [4.69, 9.17) is 5.73 Å². The number of carbonyl (C=O) groups is 1. The summed E-state index contributed by atoms with van der Waals surface area (Å²) in [6.07, 6.45) is 1.94. The van der Waals surface area contributed by atoms with Crippen LogP contribution in [0.1, 0.15) is 17.5 Å². The zero-order valence-corrected chi connectivity index (χ0v) is 12.4. The molecule has 0 atom stereocenters. The van der Waals surface area contributed by atoms with Gasteiger partial charge in [0.05, 0.1) is 12.7 Å². The highest BCUT2D eigenvalue weighted by molar-refractivity contribution is 7.88. The summed E-state index contributed by atoms with van der Waals surface area (Å²) >= 11 is 0. The Morgan fingerprint density at radius 1 is 1.20 bits per heavy atom. The number of nitrogens with one attached hydrogen (secondary N) is 2. The van der Waals surface area contributed by atoms with E-state index < -0.39 is 10.0 Å². The van der Waals surface area contributed by atoms with E-state index in [1.807, 2.05) is 24.3 Å². The molecule has 4 N–H and O–H groups in total. The normalized spacial score (nSPS) is 11.3. The fourth-order valence-electron chi connectivity index (χ4n) is 1.74. The van der Waals surface area contributed by atoms with Crippen molar-refractivity contribution in [3.63, 3.8) is 0 Å². The first-order valence-electron chi connectivity index (χ1n) is 6.40. The Morgan fingerprint density at radius 2 is 1.85 bits per heavy atom. The first-order valence-corrected chi connectivity index (χ1v) is 8.29. The quantitative estimate of drug-likeness (QED) is 0.576. The van der Waals surface area contributed by atoms with Gasteiger partial charge in [0.1, 0.15) is 0 Å². The van der Waals surface area contributed by atoms with Crippen molar-refractivity contribution in [3.8, 4) is 0 Å². The van der Waals surface area contributed by atoms with Gasteiger partial charge in [0.2, 0.25) is 15.9 Å². The van der Waals surface area contributed by atoms with Crippen molar-refractivity contribution < 1.29 is 13.2 Å². The van der Waals surface area contributed by atoms with Gasteiger partial charge in [0.25, 0.3) is 0 Å². The van der Waals surface area contributed by atoms with Gasteiger partial charge < -0.3 is 11.1 Å². The molecule has 20 heavy (non-hydrogen) atoms. The third-order valence-electron chi connectivity index (χ3n) is 2.73. The number of nitrogens with two attached hydrogens (primary N) is 1. The summed E-state index contributed by atoms with van der Waals surface area (Å²) in [5.41, 5.74) is 7.49. The van der Waals surface area contributed by atoms with E-state index in [9.17, 15) is 13.2 Å². The molecule has 0 saturated heterocycles. The lowest BCUT2D eigenvalue weighted by molar-refractivity contribution is -0.120. The van der Waals surface area contributed by atoms with Crippen LogP contribution < -0.4 is 15.8 Å². The van der Waals surface area contributed by atoms with Gasteiger partial charge in [0.15, 0.2) is 0 Å². The molecule has 0 aliphatic rings. The average Bonchev–Trinajstić information content (AvgIpc) is 2.37. The number of carbonyl (C=O) groups excluding carboxylic acids is 1. The van der Waals surface area contributed by atoms with Crippen LogP contribution in [-0.2, 0) is 27.8 Å². The molecule has 0 aromatic heterocycles. The molecule has 0 bridgehead atoms. The third-order valence-corrected chi connectivity index (χ3v) is 3.46. The van der Waals surface area contributed by atoms with E-state index in [-0.39, 0.29) is 12.3 Å². The van der Waals surface area contributed by atoms with E-state index in [1.54, 1.807) is 0 Å². The van der Waals surface area contributed by atoms with E-state index in [0.29, 0.717) is 26.1 Å². The number of hydrogen-bond acceptors (Lipinski definition) is 4. The molecule has 0 aliphatic heterocycles. The van der Waals surface area contributed by atoms with Crippen LogP contribution in [0.25, 0.3) is 0 Å². The van der Waals surface area contributed by atoms with Crippen molar-refractivity contribution in [2.75, 3.05) is 19.3 Å². The summed E-state index contributed by atoms with van der Waals surface area (Å²) in [4.78, 5) is 11.8. The van der Waals surface area contributed by atoms with Crippen LogP contribution in [0.15, 0.2) is 24.3 Å². The van der Waals surface area contributed by atoms with Gasteiger partial charge in [-0.2, -0.15) is 0 Å². The second-order valence-corrected chi connectivity index (χ2v) is 6.35. The molecule has 112 valence electrons. The largest absolute Gasteiger partial charge is 0.356 e. The van der Waals surface area contributed by atoms with Crippen LogP contribution in [0.5, 0.6) is 0 Å². The van der Waals surface area contributed by atoms with Crippen molar-refractivity contribution in [1.29, 1.82) is 0 Å². The van der Waals surface area contributed by atoms with Gasteiger partial charge in [-0.05, 0) is 17.5 Å². The van der Waals surface area contributed by atoms with Crippen molar-refractivity contribution >= 4 is 15.9 Å². The van der Waals surface area contributed by atoms with Gasteiger partial charge in [-0.15, -0.1) is 0 Å². The molecule has 6 nitrogen and oxygen atoms in total.